The predicted octanol–water partition coefficient (Wildman–Crippen LogP) is 2.61. The molecule has 96 valence electrons. The second-order valence-electron chi connectivity index (χ2n) is 4.35. The van der Waals surface area contributed by atoms with Crippen LogP contribution >= 0.6 is 0 Å². The average molecular weight is 238 g/mol. The highest BCUT2D eigenvalue weighted by Crippen LogP contribution is 2.09. The first-order valence-electron chi connectivity index (χ1n) is 6.40. The number of nitrogens with one attached hydrogen (secondary N) is 2. The topological polar surface area (TPSA) is 24.1 Å². The van der Waals surface area contributed by atoms with Crippen LogP contribution in [0.25, 0.3) is 0 Å². The zero-order valence-corrected chi connectivity index (χ0v) is 10.9. The van der Waals surface area contributed by atoms with E-state index in [9.17, 15) is 4.39 Å². The minimum Gasteiger partial charge on any atom is -0.317 e. The summed E-state index contributed by atoms with van der Waals surface area (Å²) in [6, 6.07) is 4.94. The van der Waals surface area contributed by atoms with Gasteiger partial charge >= 0.3 is 0 Å². The number of halogens is 1. The van der Waals surface area contributed by atoms with Crippen molar-refractivity contribution in [2.24, 2.45) is 0 Å². The molecule has 2 nitrogen and oxygen atoms in total. The highest BCUT2D eigenvalue weighted by atomic mass is 19.1. The highest BCUT2D eigenvalue weighted by molar-refractivity contribution is 5.26. The van der Waals surface area contributed by atoms with Gasteiger partial charge in [0.25, 0.3) is 0 Å². The standard InChI is InChI=1S/C14H23FN2/c1-3-7-16-8-4-9-17-11-13-10-14(15)6-5-12(13)2/h5-6,10,16-17H,3-4,7-9,11H2,1-2H3. The van der Waals surface area contributed by atoms with Crippen LogP contribution in [-0.2, 0) is 6.54 Å². The number of aryl methyl sites for hydroxylation is 1. The fourth-order valence-corrected chi connectivity index (χ4v) is 1.69. The Kier molecular flexibility index (Phi) is 6.82. The van der Waals surface area contributed by atoms with Crippen LogP contribution in [0.1, 0.15) is 30.9 Å². The Morgan fingerprint density at radius 1 is 1.12 bits per heavy atom. The van der Waals surface area contributed by atoms with Gasteiger partial charge in [0, 0.05) is 6.54 Å². The van der Waals surface area contributed by atoms with Crippen molar-refractivity contribution in [3.05, 3.63) is 35.1 Å². The summed E-state index contributed by atoms with van der Waals surface area (Å²) in [4.78, 5) is 0. The van der Waals surface area contributed by atoms with E-state index in [2.05, 4.69) is 17.6 Å². The van der Waals surface area contributed by atoms with Crippen molar-refractivity contribution >= 4 is 0 Å². The Morgan fingerprint density at radius 3 is 2.65 bits per heavy atom. The highest BCUT2D eigenvalue weighted by Gasteiger charge is 1.99. The van der Waals surface area contributed by atoms with Gasteiger partial charge in [-0.25, -0.2) is 4.39 Å². The van der Waals surface area contributed by atoms with Gasteiger partial charge in [0.2, 0.25) is 0 Å². The zero-order chi connectivity index (χ0) is 12.5. The SMILES string of the molecule is CCCNCCCNCc1cc(F)ccc1C. The first kappa shape index (κ1) is 14.1. The molecule has 1 aromatic carbocycles. The molecule has 0 atom stereocenters. The lowest BCUT2D eigenvalue weighted by atomic mass is 10.1. The Hall–Kier alpha value is -0.930. The van der Waals surface area contributed by atoms with E-state index in [1.54, 1.807) is 6.07 Å². The molecule has 17 heavy (non-hydrogen) atoms. The van der Waals surface area contributed by atoms with E-state index >= 15 is 0 Å². The van der Waals surface area contributed by atoms with Crippen molar-refractivity contribution in [2.45, 2.75) is 33.2 Å². The summed E-state index contributed by atoms with van der Waals surface area (Å²) in [7, 11) is 0. The Balaban J connectivity index is 2.15. The normalized spacial score (nSPS) is 10.8. The predicted molar refractivity (Wildman–Crippen MR) is 70.6 cm³/mol. The van der Waals surface area contributed by atoms with Gasteiger partial charge in [-0.2, -0.15) is 0 Å². The molecule has 0 amide bonds. The molecule has 0 spiro atoms. The molecule has 0 aliphatic heterocycles. The van der Waals surface area contributed by atoms with E-state index in [1.807, 2.05) is 13.0 Å². The summed E-state index contributed by atoms with van der Waals surface area (Å²) in [6.45, 7) is 8.02. The number of rotatable bonds is 8. The lowest BCUT2D eigenvalue weighted by molar-refractivity contribution is 0.587. The molecule has 0 aliphatic rings. The Labute approximate surface area is 104 Å². The van der Waals surface area contributed by atoms with E-state index in [0.717, 1.165) is 43.7 Å². The lowest BCUT2D eigenvalue weighted by Gasteiger charge is -2.08. The first-order chi connectivity index (χ1) is 8.24. The van der Waals surface area contributed by atoms with Crippen molar-refractivity contribution in [1.82, 2.24) is 10.6 Å². The molecule has 0 aromatic heterocycles. The quantitative estimate of drug-likeness (QED) is 0.680. The summed E-state index contributed by atoms with van der Waals surface area (Å²) < 4.78 is 13.0. The van der Waals surface area contributed by atoms with E-state index < -0.39 is 0 Å². The largest absolute Gasteiger partial charge is 0.317 e. The van der Waals surface area contributed by atoms with Crippen LogP contribution in [0.3, 0.4) is 0 Å². The van der Waals surface area contributed by atoms with Crippen molar-refractivity contribution in [3.63, 3.8) is 0 Å². The van der Waals surface area contributed by atoms with Gasteiger partial charge in [0.1, 0.15) is 5.82 Å². The van der Waals surface area contributed by atoms with Gasteiger partial charge < -0.3 is 10.6 Å². The number of benzene rings is 1. The van der Waals surface area contributed by atoms with Gasteiger partial charge in [-0.15, -0.1) is 0 Å². The van der Waals surface area contributed by atoms with Crippen LogP contribution in [-0.4, -0.2) is 19.6 Å². The summed E-state index contributed by atoms with van der Waals surface area (Å²) in [5.41, 5.74) is 2.19. The maximum Gasteiger partial charge on any atom is 0.123 e. The van der Waals surface area contributed by atoms with Gasteiger partial charge in [-0.3, -0.25) is 0 Å². The van der Waals surface area contributed by atoms with Gasteiger partial charge in [-0.05, 0) is 62.7 Å². The molecule has 0 unspecified atom stereocenters. The monoisotopic (exact) mass is 238 g/mol. The lowest BCUT2D eigenvalue weighted by Crippen LogP contribution is -2.22. The van der Waals surface area contributed by atoms with Gasteiger partial charge in [0.05, 0.1) is 0 Å². The molecule has 0 heterocycles. The Bertz CT molecular complexity index is 326. The molecule has 0 aliphatic carbocycles. The van der Waals surface area contributed by atoms with Gasteiger partial charge in [-0.1, -0.05) is 13.0 Å². The van der Waals surface area contributed by atoms with Crippen LogP contribution in [0.4, 0.5) is 4.39 Å². The van der Waals surface area contributed by atoms with Crippen LogP contribution in [0.15, 0.2) is 18.2 Å². The van der Waals surface area contributed by atoms with E-state index in [1.165, 1.54) is 12.5 Å². The van der Waals surface area contributed by atoms with Crippen molar-refractivity contribution < 1.29 is 4.39 Å². The summed E-state index contributed by atoms with van der Waals surface area (Å²) in [5, 5.41) is 6.69. The summed E-state index contributed by atoms with van der Waals surface area (Å²) >= 11 is 0. The molecule has 0 fully saturated rings. The zero-order valence-electron chi connectivity index (χ0n) is 10.9. The molecule has 0 saturated heterocycles. The number of hydrogen-bond donors (Lipinski definition) is 2. The molecule has 3 heteroatoms. The minimum absolute atomic E-state index is 0.156. The smallest absolute Gasteiger partial charge is 0.123 e. The third-order valence-corrected chi connectivity index (χ3v) is 2.76. The van der Waals surface area contributed by atoms with Crippen LogP contribution in [0, 0.1) is 12.7 Å². The van der Waals surface area contributed by atoms with Crippen molar-refractivity contribution in [1.29, 1.82) is 0 Å². The molecule has 0 bridgehead atoms. The van der Waals surface area contributed by atoms with Crippen LogP contribution < -0.4 is 10.6 Å². The second kappa shape index (κ2) is 8.20. The average Bonchev–Trinajstić information content (AvgIpc) is 2.32. The molecule has 2 N–H and O–H groups in total. The second-order valence-corrected chi connectivity index (χ2v) is 4.35. The Morgan fingerprint density at radius 2 is 1.88 bits per heavy atom. The fourth-order valence-electron chi connectivity index (χ4n) is 1.69. The van der Waals surface area contributed by atoms with E-state index in [0.29, 0.717) is 0 Å². The molecular weight excluding hydrogens is 215 g/mol. The molecular formula is C14H23FN2. The number of hydrogen-bond acceptors (Lipinski definition) is 2. The summed E-state index contributed by atoms with van der Waals surface area (Å²) in [5.74, 6) is -0.156. The van der Waals surface area contributed by atoms with Crippen molar-refractivity contribution in [2.75, 3.05) is 19.6 Å². The van der Waals surface area contributed by atoms with Gasteiger partial charge in [0.15, 0.2) is 0 Å². The maximum absolute atomic E-state index is 13.0. The minimum atomic E-state index is -0.156. The molecule has 0 saturated carbocycles. The third kappa shape index (κ3) is 5.80. The molecule has 1 aromatic rings. The van der Waals surface area contributed by atoms with Crippen molar-refractivity contribution in [3.8, 4) is 0 Å². The first-order valence-corrected chi connectivity index (χ1v) is 6.40. The fraction of sp³-hybridized carbons (Fsp3) is 0.571. The van der Waals surface area contributed by atoms with Crippen LogP contribution in [0.2, 0.25) is 0 Å². The van der Waals surface area contributed by atoms with E-state index in [4.69, 9.17) is 0 Å². The summed E-state index contributed by atoms with van der Waals surface area (Å²) in [6.07, 6.45) is 2.28. The molecule has 1 rings (SSSR count). The maximum atomic E-state index is 13.0. The van der Waals surface area contributed by atoms with E-state index in [-0.39, 0.29) is 5.82 Å². The third-order valence-electron chi connectivity index (χ3n) is 2.76. The van der Waals surface area contributed by atoms with Crippen LogP contribution in [0.5, 0.6) is 0 Å². The molecule has 0 radical (unpaired) electrons.